The van der Waals surface area contributed by atoms with E-state index in [9.17, 15) is 0 Å². The first-order chi connectivity index (χ1) is 54.7. The molecule has 0 spiro atoms. The molecule has 20 rings (SSSR count). The molecule has 0 atom stereocenters. The van der Waals surface area contributed by atoms with Crippen LogP contribution < -0.4 is 0 Å². The second-order valence-corrected chi connectivity index (χ2v) is 25.7. The number of rotatable bonds is 10. The third kappa shape index (κ3) is 10.6. The van der Waals surface area contributed by atoms with Crippen LogP contribution in [0.1, 0.15) is 13.7 Å². The molecule has 2 heteroatoms. The highest BCUT2D eigenvalue weighted by molar-refractivity contribution is 6.23. The average Bonchev–Trinajstić information content (AvgIpc) is 1.06. The Kier molecular flexibility index (Phi) is 12.5. The van der Waals surface area contributed by atoms with Crippen molar-refractivity contribution in [2.75, 3.05) is 0 Å². The summed E-state index contributed by atoms with van der Waals surface area (Å²) in [4.78, 5) is 0. The van der Waals surface area contributed by atoms with Crippen LogP contribution in [0.3, 0.4) is 0 Å². The summed E-state index contributed by atoms with van der Waals surface area (Å²) in [5.41, 5.74) is 22.6. The average molecular weight is 1310 g/mol. The van der Waals surface area contributed by atoms with Gasteiger partial charge in [-0.2, -0.15) is 0 Å². The van der Waals surface area contributed by atoms with Gasteiger partial charge in [0.15, 0.2) is 0 Å². The summed E-state index contributed by atoms with van der Waals surface area (Å²) in [6.45, 7) is 0. The molecular weight excluding hydrogens is 1230 g/mol. The van der Waals surface area contributed by atoms with Gasteiger partial charge in [-0.05, 0) is 191 Å². The van der Waals surface area contributed by atoms with E-state index in [0.29, 0.717) is 11.1 Å². The summed E-state index contributed by atoms with van der Waals surface area (Å²) in [6.07, 6.45) is 0. The number of hydrogen-bond acceptors (Lipinski definition) is 2. The Morgan fingerprint density at radius 2 is 0.451 bits per heavy atom. The number of hydrogen-bond donors (Lipinski definition) is 0. The van der Waals surface area contributed by atoms with Crippen LogP contribution in [0.5, 0.6) is 0 Å². The van der Waals surface area contributed by atoms with Gasteiger partial charge >= 0.3 is 0 Å². The minimum absolute atomic E-state index is 0.205. The van der Waals surface area contributed by atoms with Crippen LogP contribution >= 0.6 is 0 Å². The van der Waals surface area contributed by atoms with E-state index in [2.05, 4.69) is 212 Å². The van der Waals surface area contributed by atoms with Crippen molar-refractivity contribution in [2.45, 2.75) is 0 Å². The topological polar surface area (TPSA) is 26.3 Å². The second kappa shape index (κ2) is 25.5. The van der Waals surface area contributed by atoms with E-state index >= 15 is 0 Å². The van der Waals surface area contributed by atoms with Gasteiger partial charge in [0.05, 0.1) is 13.7 Å². The third-order valence-corrected chi connectivity index (χ3v) is 20.0. The van der Waals surface area contributed by atoms with Crippen molar-refractivity contribution in [1.82, 2.24) is 0 Å². The van der Waals surface area contributed by atoms with Gasteiger partial charge in [0, 0.05) is 27.1 Å². The highest BCUT2D eigenvalue weighted by atomic mass is 16.3. The van der Waals surface area contributed by atoms with E-state index in [-0.39, 0.29) is 59.5 Å². The maximum Gasteiger partial charge on any atom is 0.136 e. The van der Waals surface area contributed by atoms with Crippen LogP contribution in [0.2, 0.25) is 0 Å². The summed E-state index contributed by atoms with van der Waals surface area (Å²) >= 11 is 0. The summed E-state index contributed by atoms with van der Waals surface area (Å²) in [5, 5.41) is 11.3. The van der Waals surface area contributed by atoms with Crippen molar-refractivity contribution in [3.63, 3.8) is 0 Å². The Morgan fingerprint density at radius 1 is 0.167 bits per heavy atom. The van der Waals surface area contributed by atoms with Crippen LogP contribution in [0.4, 0.5) is 0 Å². The van der Waals surface area contributed by atoms with Crippen molar-refractivity contribution >= 4 is 87.0 Å². The van der Waals surface area contributed by atoms with E-state index in [0.717, 1.165) is 159 Å². The smallest absolute Gasteiger partial charge is 0.136 e. The summed E-state index contributed by atoms with van der Waals surface area (Å²) < 4.78 is 98.2. The molecule has 0 N–H and O–H groups in total. The fourth-order valence-corrected chi connectivity index (χ4v) is 15.3. The molecule has 20 aromatic rings. The van der Waals surface area contributed by atoms with Crippen LogP contribution in [0.15, 0.2) is 397 Å². The zero-order valence-electron chi connectivity index (χ0n) is 65.0. The molecule has 2 heterocycles. The van der Waals surface area contributed by atoms with Gasteiger partial charge in [-0.25, -0.2) is 0 Å². The molecule has 0 saturated heterocycles. The van der Waals surface area contributed by atoms with Crippen molar-refractivity contribution < 1.29 is 22.5 Å². The summed E-state index contributed by atoms with van der Waals surface area (Å²) in [6, 6.07) is 109. The molecule has 0 amide bonds. The SMILES string of the molecule is [2H]c1c([2H])c([2H])c(-c2c3ccccc3c(-c3ccc(-c4ccc5oc6ccc(-c7cccc(-c8ccccc8)c7)cc6c5c4)cc3)c3ccccc23)c([2H])c1[2H].[2H]c1c([2H])c([2H])c(-c2c3ccccc3c(-c3ccc(-c4ccc5oc6ccccc6c5c4-c4ccc(-c5ccccc5)cc4)cc3)c3ccccc23)c([2H])c1[2H]. The van der Waals surface area contributed by atoms with Gasteiger partial charge in [0.25, 0.3) is 0 Å². The summed E-state index contributed by atoms with van der Waals surface area (Å²) in [5.74, 6) is 0. The Bertz CT molecular complexity index is 7040. The van der Waals surface area contributed by atoms with E-state index in [1.54, 1.807) is 0 Å². The Morgan fingerprint density at radius 3 is 0.912 bits per heavy atom. The minimum Gasteiger partial charge on any atom is -0.456 e. The highest BCUT2D eigenvalue weighted by Crippen LogP contribution is 2.49. The Hall–Kier alpha value is -13.4. The van der Waals surface area contributed by atoms with Crippen molar-refractivity contribution in [1.29, 1.82) is 0 Å². The van der Waals surface area contributed by atoms with Crippen LogP contribution in [0, 0.1) is 0 Å². The number of fused-ring (bicyclic) bond motifs is 10. The van der Waals surface area contributed by atoms with E-state index < -0.39 is 12.1 Å². The lowest BCUT2D eigenvalue weighted by atomic mass is 9.85. The molecule has 18 aromatic carbocycles. The van der Waals surface area contributed by atoms with E-state index in [1.807, 2.05) is 115 Å². The largest absolute Gasteiger partial charge is 0.456 e. The lowest BCUT2D eigenvalue weighted by Crippen LogP contribution is -1.91. The lowest BCUT2D eigenvalue weighted by molar-refractivity contribution is 0.668. The second-order valence-electron chi connectivity index (χ2n) is 25.7. The molecular formula is C100H64O2. The fourth-order valence-electron chi connectivity index (χ4n) is 15.3. The molecule has 0 fully saturated rings. The van der Waals surface area contributed by atoms with Gasteiger partial charge in [-0.3, -0.25) is 0 Å². The quantitative estimate of drug-likeness (QED) is 0.128. The molecule has 2 aromatic heterocycles. The molecule has 0 radical (unpaired) electrons. The van der Waals surface area contributed by atoms with Crippen LogP contribution in [0.25, 0.3) is 198 Å². The predicted molar refractivity (Wildman–Crippen MR) is 432 cm³/mol. The number of benzene rings is 18. The van der Waals surface area contributed by atoms with E-state index in [4.69, 9.17) is 22.5 Å². The highest BCUT2D eigenvalue weighted by Gasteiger charge is 2.22. The molecule has 0 aliphatic heterocycles. The van der Waals surface area contributed by atoms with Crippen molar-refractivity contribution in [2.24, 2.45) is 0 Å². The van der Waals surface area contributed by atoms with Crippen molar-refractivity contribution in [3.05, 3.63) is 388 Å². The zero-order valence-corrected chi connectivity index (χ0v) is 55.0. The molecule has 0 aliphatic rings. The maximum atomic E-state index is 8.88. The Balaban J connectivity index is 0.000000151. The molecule has 476 valence electrons. The molecule has 0 saturated carbocycles. The van der Waals surface area contributed by atoms with Gasteiger partial charge in [-0.1, -0.05) is 346 Å². The first kappa shape index (κ1) is 50.0. The van der Waals surface area contributed by atoms with Crippen molar-refractivity contribution in [3.8, 4) is 111 Å². The first-order valence-corrected chi connectivity index (χ1v) is 34.2. The van der Waals surface area contributed by atoms with Gasteiger partial charge in [0.2, 0.25) is 0 Å². The fraction of sp³-hybridized carbons (Fsp3) is 0. The lowest BCUT2D eigenvalue weighted by Gasteiger charge is -2.18. The Labute approximate surface area is 605 Å². The van der Waals surface area contributed by atoms with Gasteiger partial charge < -0.3 is 8.83 Å². The molecule has 102 heavy (non-hydrogen) atoms. The minimum atomic E-state index is -0.401. The normalized spacial score (nSPS) is 12.9. The number of furan rings is 2. The standard InChI is InChI=1S/2C50H32O/c1-3-13-33(14-4-1)34-23-27-38(28-24-34)49-39(31-32-46-50(49)44-21-11-12-22-45(44)51-46)35-25-29-37(30-26-35)48-42-19-9-7-17-40(42)47(36-15-5-2-6-16-36)41-18-8-10-20-43(41)48;1-3-12-33(13-4-1)37-16-11-17-38(30-37)40-27-29-48-46(32-40)45-31-39(26-28-47(45)51-48)34-22-24-36(25-23-34)50-43-20-9-7-18-41(43)49(35-14-5-2-6-15-35)42-19-8-10-21-44(42)50/h2*1-32H/i2D,5D,6D,15D,16D;2D,5D,6D,14D,15D. The maximum absolute atomic E-state index is 8.88. The van der Waals surface area contributed by atoms with Crippen LogP contribution in [-0.4, -0.2) is 0 Å². The third-order valence-electron chi connectivity index (χ3n) is 20.0. The van der Waals surface area contributed by atoms with Gasteiger partial charge in [-0.15, -0.1) is 0 Å². The summed E-state index contributed by atoms with van der Waals surface area (Å²) in [7, 11) is 0. The molecule has 2 nitrogen and oxygen atoms in total. The monoisotopic (exact) mass is 1310 g/mol. The molecule has 0 unspecified atom stereocenters. The van der Waals surface area contributed by atoms with Gasteiger partial charge in [0.1, 0.15) is 22.3 Å². The molecule has 0 aliphatic carbocycles. The predicted octanol–water partition coefficient (Wildman–Crippen LogP) is 28.5. The zero-order chi connectivity index (χ0) is 76.2. The van der Waals surface area contributed by atoms with Crippen LogP contribution in [-0.2, 0) is 0 Å². The van der Waals surface area contributed by atoms with E-state index in [1.165, 1.54) is 16.7 Å². The number of para-hydroxylation sites is 1. The molecule has 0 bridgehead atoms. The first-order valence-electron chi connectivity index (χ1n) is 39.2.